The molecular formula is C24H21F4N5O3. The second-order valence-electron chi connectivity index (χ2n) is 9.09. The first-order chi connectivity index (χ1) is 17.1. The van der Waals surface area contributed by atoms with Gasteiger partial charge in [-0.05, 0) is 31.0 Å². The van der Waals surface area contributed by atoms with Crippen molar-refractivity contribution in [1.82, 2.24) is 20.1 Å². The summed E-state index contributed by atoms with van der Waals surface area (Å²) < 4.78 is 52.7. The summed E-state index contributed by atoms with van der Waals surface area (Å²) in [7, 11) is 0. The monoisotopic (exact) mass is 503 g/mol. The Balaban J connectivity index is 1.36. The molecule has 2 amide bonds. The second kappa shape index (κ2) is 8.68. The minimum Gasteiger partial charge on any atom is -0.339 e. The molecule has 1 spiro atoms. The lowest BCUT2D eigenvalue weighted by Gasteiger charge is -2.38. The van der Waals surface area contributed by atoms with Gasteiger partial charge in [0.05, 0.1) is 35.8 Å². The van der Waals surface area contributed by atoms with E-state index in [-0.39, 0.29) is 43.1 Å². The molecule has 2 aromatic heterocycles. The Labute approximate surface area is 202 Å². The predicted octanol–water partition coefficient (Wildman–Crippen LogP) is 3.53. The number of ketones is 1. The van der Waals surface area contributed by atoms with Crippen LogP contribution in [0.2, 0.25) is 0 Å². The molecule has 0 aliphatic carbocycles. The van der Waals surface area contributed by atoms with Crippen LogP contribution in [0.5, 0.6) is 0 Å². The molecule has 36 heavy (non-hydrogen) atoms. The van der Waals surface area contributed by atoms with Gasteiger partial charge in [0.15, 0.2) is 11.4 Å². The number of aromatic nitrogens is 3. The first-order valence-corrected chi connectivity index (χ1v) is 11.4. The maximum Gasteiger partial charge on any atom is 0.389 e. The molecule has 1 aromatic carbocycles. The lowest BCUT2D eigenvalue weighted by Crippen LogP contribution is -2.51. The number of likely N-dealkylation sites (tertiary alicyclic amines) is 1. The van der Waals surface area contributed by atoms with Gasteiger partial charge in [0.25, 0.3) is 5.91 Å². The molecule has 1 fully saturated rings. The number of hydrogen-bond donors (Lipinski definition) is 1. The number of aromatic amines is 1. The average Bonchev–Trinajstić information content (AvgIpc) is 3.40. The van der Waals surface area contributed by atoms with E-state index in [0.717, 1.165) is 4.90 Å². The minimum absolute atomic E-state index is 0.111. The Morgan fingerprint density at radius 1 is 1.14 bits per heavy atom. The number of nitrogens with zero attached hydrogens (tertiary/aromatic N) is 4. The van der Waals surface area contributed by atoms with E-state index in [1.807, 2.05) is 0 Å². The molecule has 4 heterocycles. The summed E-state index contributed by atoms with van der Waals surface area (Å²) in [5, 5.41) is 7.26. The summed E-state index contributed by atoms with van der Waals surface area (Å²) in [5.74, 6) is -2.21. The fraction of sp³-hybridized carbons (Fsp3) is 0.375. The highest BCUT2D eigenvalue weighted by Crippen LogP contribution is 2.49. The summed E-state index contributed by atoms with van der Waals surface area (Å²) in [5.41, 5.74) is -0.0881. The van der Waals surface area contributed by atoms with Crippen LogP contribution in [-0.4, -0.2) is 63.5 Å². The van der Waals surface area contributed by atoms with Crippen molar-refractivity contribution in [3.05, 3.63) is 53.6 Å². The van der Waals surface area contributed by atoms with Gasteiger partial charge in [0.2, 0.25) is 5.91 Å². The van der Waals surface area contributed by atoms with Crippen molar-refractivity contribution >= 4 is 34.3 Å². The van der Waals surface area contributed by atoms with Crippen molar-refractivity contribution in [2.45, 2.75) is 37.3 Å². The summed E-state index contributed by atoms with van der Waals surface area (Å²) in [4.78, 5) is 45.7. The number of H-pyrrole nitrogens is 1. The summed E-state index contributed by atoms with van der Waals surface area (Å²) in [6.07, 6.45) is -3.34. The molecule has 2 aliphatic rings. The first-order valence-electron chi connectivity index (χ1n) is 11.4. The van der Waals surface area contributed by atoms with Crippen LogP contribution in [0.4, 0.5) is 23.2 Å². The van der Waals surface area contributed by atoms with Crippen molar-refractivity contribution in [3.63, 3.8) is 0 Å². The third kappa shape index (κ3) is 4.10. The zero-order valence-corrected chi connectivity index (χ0v) is 18.9. The van der Waals surface area contributed by atoms with Gasteiger partial charge in [0, 0.05) is 36.7 Å². The van der Waals surface area contributed by atoms with Gasteiger partial charge in [-0.25, -0.2) is 9.37 Å². The Morgan fingerprint density at radius 3 is 2.61 bits per heavy atom. The molecule has 0 saturated carbocycles. The van der Waals surface area contributed by atoms with E-state index in [1.54, 1.807) is 17.2 Å². The van der Waals surface area contributed by atoms with Crippen LogP contribution in [0.15, 0.2) is 36.7 Å². The summed E-state index contributed by atoms with van der Waals surface area (Å²) >= 11 is 0. The number of hydrogen-bond acceptors (Lipinski definition) is 5. The van der Waals surface area contributed by atoms with Crippen LogP contribution in [0, 0.1) is 5.82 Å². The number of Topliss-reactive ketones (excluding diaryl/α,β-unsaturated/α-hetero) is 1. The Bertz CT molecular complexity index is 1360. The molecule has 8 nitrogen and oxygen atoms in total. The molecule has 5 rings (SSSR count). The molecule has 188 valence electrons. The highest BCUT2D eigenvalue weighted by atomic mass is 19.4. The number of anilines is 1. The fourth-order valence-electron chi connectivity index (χ4n) is 5.07. The number of benzene rings is 1. The fourth-order valence-corrected chi connectivity index (χ4v) is 5.07. The number of fused-ring (bicyclic) bond motifs is 3. The number of carbonyl (C=O) groups excluding carboxylic acids is 3. The van der Waals surface area contributed by atoms with Crippen molar-refractivity contribution in [3.8, 4) is 0 Å². The lowest BCUT2D eigenvalue weighted by atomic mass is 9.73. The largest absolute Gasteiger partial charge is 0.389 e. The van der Waals surface area contributed by atoms with E-state index >= 15 is 4.39 Å². The van der Waals surface area contributed by atoms with E-state index in [9.17, 15) is 27.6 Å². The van der Waals surface area contributed by atoms with Gasteiger partial charge in [-0.3, -0.25) is 19.5 Å². The number of pyridine rings is 1. The predicted molar refractivity (Wildman–Crippen MR) is 120 cm³/mol. The van der Waals surface area contributed by atoms with Crippen LogP contribution in [-0.2, 0) is 15.0 Å². The summed E-state index contributed by atoms with van der Waals surface area (Å²) in [6.45, 7) is -0.262. The van der Waals surface area contributed by atoms with E-state index in [2.05, 4.69) is 15.2 Å². The molecule has 1 N–H and O–H groups in total. The Morgan fingerprint density at radius 2 is 1.89 bits per heavy atom. The first kappa shape index (κ1) is 23.9. The number of piperidine rings is 1. The molecule has 1 saturated heterocycles. The average molecular weight is 503 g/mol. The zero-order chi connectivity index (χ0) is 25.7. The third-order valence-corrected chi connectivity index (χ3v) is 6.88. The van der Waals surface area contributed by atoms with Crippen LogP contribution in [0.1, 0.15) is 41.6 Å². The molecule has 0 atom stereocenters. The molecule has 0 radical (unpaired) electrons. The standard InChI is InChI=1S/C24H21F4N5O3/c25-17-2-1-3-18-19(17)23(22(36)33(18)13-16(34)4-5-24(26,27)28)6-8-32(9-7-23)21(35)15-10-14-12-30-31-20(14)29-11-15/h1-3,10-12H,4-9,13H2,(H,29,30,31). The number of rotatable bonds is 5. The lowest BCUT2D eigenvalue weighted by molar-refractivity contribution is -0.142. The molecular weight excluding hydrogens is 482 g/mol. The van der Waals surface area contributed by atoms with E-state index in [1.165, 1.54) is 24.4 Å². The zero-order valence-electron chi connectivity index (χ0n) is 18.9. The van der Waals surface area contributed by atoms with E-state index in [0.29, 0.717) is 16.6 Å². The minimum atomic E-state index is -4.49. The van der Waals surface area contributed by atoms with Gasteiger partial charge in [-0.1, -0.05) is 6.07 Å². The van der Waals surface area contributed by atoms with Crippen molar-refractivity contribution < 1.29 is 31.9 Å². The SMILES string of the molecule is O=C(CCC(F)(F)F)CN1C(=O)C2(CCN(C(=O)c3cnc4[nH]ncc4c3)CC2)c2c(F)cccc21. The number of carbonyl (C=O) groups is 3. The van der Waals surface area contributed by atoms with Crippen LogP contribution in [0.25, 0.3) is 11.0 Å². The topological polar surface area (TPSA) is 99.3 Å². The number of halogens is 4. The summed E-state index contributed by atoms with van der Waals surface area (Å²) in [6, 6.07) is 5.76. The van der Waals surface area contributed by atoms with Crippen LogP contribution in [0.3, 0.4) is 0 Å². The van der Waals surface area contributed by atoms with Gasteiger partial charge >= 0.3 is 6.18 Å². The Hall–Kier alpha value is -3.83. The highest BCUT2D eigenvalue weighted by molar-refractivity contribution is 6.11. The van der Waals surface area contributed by atoms with Gasteiger partial charge < -0.3 is 9.80 Å². The maximum atomic E-state index is 15.0. The number of alkyl halides is 3. The normalized spacial score (nSPS) is 17.2. The molecule has 2 aliphatic heterocycles. The van der Waals surface area contributed by atoms with Crippen molar-refractivity contribution in [2.24, 2.45) is 0 Å². The molecule has 0 bridgehead atoms. The van der Waals surface area contributed by atoms with E-state index in [4.69, 9.17) is 0 Å². The van der Waals surface area contributed by atoms with Crippen molar-refractivity contribution in [2.75, 3.05) is 24.5 Å². The Kier molecular flexibility index (Phi) is 5.76. The molecule has 12 heteroatoms. The maximum absolute atomic E-state index is 15.0. The third-order valence-electron chi connectivity index (χ3n) is 6.88. The van der Waals surface area contributed by atoms with Crippen LogP contribution >= 0.6 is 0 Å². The van der Waals surface area contributed by atoms with Crippen molar-refractivity contribution in [1.29, 1.82) is 0 Å². The number of nitrogens with one attached hydrogen (secondary N) is 1. The van der Waals surface area contributed by atoms with Gasteiger partial charge in [-0.15, -0.1) is 0 Å². The molecule has 3 aromatic rings. The second-order valence-corrected chi connectivity index (χ2v) is 9.09. The smallest absolute Gasteiger partial charge is 0.339 e. The van der Waals surface area contributed by atoms with E-state index < -0.39 is 48.5 Å². The molecule has 0 unspecified atom stereocenters. The van der Waals surface area contributed by atoms with Crippen LogP contribution < -0.4 is 4.90 Å². The highest BCUT2D eigenvalue weighted by Gasteiger charge is 2.54. The quantitative estimate of drug-likeness (QED) is 0.537. The number of amides is 2. The van der Waals surface area contributed by atoms with Gasteiger partial charge in [-0.2, -0.15) is 18.3 Å². The van der Waals surface area contributed by atoms with Gasteiger partial charge in [0.1, 0.15) is 5.82 Å².